The largest absolute Gasteiger partial charge is 0.393 e. The maximum atomic E-state index is 9.46. The Labute approximate surface area is 102 Å². The van der Waals surface area contributed by atoms with Crippen LogP contribution in [0, 0.1) is 6.92 Å². The first-order valence-electron chi connectivity index (χ1n) is 6.13. The molecule has 0 fully saturated rings. The average molecular weight is 238 g/mol. The smallest absolute Gasteiger partial charge is 0.134 e. The van der Waals surface area contributed by atoms with Gasteiger partial charge in [-0.2, -0.15) is 0 Å². The van der Waals surface area contributed by atoms with E-state index in [0.29, 0.717) is 18.8 Å². The summed E-state index contributed by atoms with van der Waals surface area (Å²) < 4.78 is 0. The predicted molar refractivity (Wildman–Crippen MR) is 70.0 cm³/mol. The Morgan fingerprint density at radius 1 is 1.35 bits per heavy atom. The molecule has 0 aliphatic rings. The lowest BCUT2D eigenvalue weighted by Crippen LogP contribution is -2.15. The van der Waals surface area contributed by atoms with E-state index in [9.17, 15) is 5.11 Å². The summed E-state index contributed by atoms with van der Waals surface area (Å²) in [7, 11) is 0. The second-order valence-electron chi connectivity index (χ2n) is 4.13. The molecule has 5 heteroatoms. The molecular weight excluding hydrogens is 216 g/mol. The molecule has 0 radical (unpaired) electrons. The van der Waals surface area contributed by atoms with Crippen LogP contribution in [0.3, 0.4) is 0 Å². The van der Waals surface area contributed by atoms with Gasteiger partial charge in [-0.05, 0) is 19.8 Å². The monoisotopic (exact) mass is 238 g/mol. The summed E-state index contributed by atoms with van der Waals surface area (Å²) >= 11 is 0. The van der Waals surface area contributed by atoms with E-state index >= 15 is 0 Å². The highest BCUT2D eigenvalue weighted by Gasteiger charge is 2.08. The molecule has 0 aliphatic heterocycles. The third kappa shape index (κ3) is 3.85. The van der Waals surface area contributed by atoms with Crippen LogP contribution in [0.1, 0.15) is 38.1 Å². The van der Waals surface area contributed by atoms with Crippen molar-refractivity contribution < 1.29 is 5.11 Å². The second-order valence-corrected chi connectivity index (χ2v) is 4.13. The summed E-state index contributed by atoms with van der Waals surface area (Å²) in [5, 5.41) is 12.7. The molecule has 1 aromatic heterocycles. The van der Waals surface area contributed by atoms with Crippen molar-refractivity contribution in [1.82, 2.24) is 9.97 Å². The van der Waals surface area contributed by atoms with Gasteiger partial charge in [0, 0.05) is 18.5 Å². The highest BCUT2D eigenvalue weighted by molar-refractivity contribution is 5.54. The molecule has 0 bridgehead atoms. The molecule has 0 aliphatic carbocycles. The molecule has 17 heavy (non-hydrogen) atoms. The molecule has 1 unspecified atom stereocenters. The molecule has 0 saturated heterocycles. The standard InChI is InChI=1S/C12H22N4O/c1-4-9(17)6-7-14-12-8(3)11(13)15-10(5-2)16-12/h9,17H,4-7H2,1-3H3,(H3,13,14,15,16). The quantitative estimate of drug-likeness (QED) is 0.699. The molecule has 4 N–H and O–H groups in total. The number of hydrogen-bond donors (Lipinski definition) is 3. The van der Waals surface area contributed by atoms with E-state index in [1.807, 2.05) is 20.8 Å². The van der Waals surface area contributed by atoms with Crippen LogP contribution in [0.15, 0.2) is 0 Å². The van der Waals surface area contributed by atoms with E-state index in [4.69, 9.17) is 5.73 Å². The Hall–Kier alpha value is -1.36. The molecule has 1 heterocycles. The van der Waals surface area contributed by atoms with Crippen molar-refractivity contribution in [2.45, 2.75) is 46.1 Å². The molecule has 0 spiro atoms. The van der Waals surface area contributed by atoms with Crippen molar-refractivity contribution in [3.05, 3.63) is 11.4 Å². The zero-order chi connectivity index (χ0) is 12.8. The molecule has 5 nitrogen and oxygen atoms in total. The lowest BCUT2D eigenvalue weighted by Gasteiger charge is -2.13. The van der Waals surface area contributed by atoms with Crippen LogP contribution in [-0.2, 0) is 6.42 Å². The summed E-state index contributed by atoms with van der Waals surface area (Å²) in [5.74, 6) is 2.04. The van der Waals surface area contributed by atoms with Crippen molar-refractivity contribution in [2.24, 2.45) is 0 Å². The number of nitrogens with one attached hydrogen (secondary N) is 1. The summed E-state index contributed by atoms with van der Waals surface area (Å²) in [4.78, 5) is 8.58. The maximum Gasteiger partial charge on any atom is 0.134 e. The maximum absolute atomic E-state index is 9.46. The van der Waals surface area contributed by atoms with Crippen LogP contribution in [-0.4, -0.2) is 27.7 Å². The lowest BCUT2D eigenvalue weighted by atomic mass is 10.2. The summed E-state index contributed by atoms with van der Waals surface area (Å²) in [6.07, 6.45) is 1.98. The number of nitrogens with two attached hydrogens (primary N) is 1. The van der Waals surface area contributed by atoms with Gasteiger partial charge in [0.1, 0.15) is 17.5 Å². The minimum absolute atomic E-state index is 0.257. The fourth-order valence-corrected chi connectivity index (χ4v) is 1.47. The highest BCUT2D eigenvalue weighted by atomic mass is 16.3. The van der Waals surface area contributed by atoms with Gasteiger partial charge in [-0.15, -0.1) is 0 Å². The highest BCUT2D eigenvalue weighted by Crippen LogP contribution is 2.17. The molecule has 0 amide bonds. The van der Waals surface area contributed by atoms with E-state index in [1.165, 1.54) is 0 Å². The van der Waals surface area contributed by atoms with Crippen LogP contribution in [0.25, 0.3) is 0 Å². The number of aliphatic hydroxyl groups is 1. The Balaban J connectivity index is 2.66. The fourth-order valence-electron chi connectivity index (χ4n) is 1.47. The van der Waals surface area contributed by atoms with E-state index in [-0.39, 0.29) is 6.10 Å². The molecule has 1 aromatic rings. The summed E-state index contributed by atoms with van der Waals surface area (Å²) in [6.45, 7) is 6.55. The van der Waals surface area contributed by atoms with Gasteiger partial charge in [0.25, 0.3) is 0 Å². The van der Waals surface area contributed by atoms with Crippen LogP contribution in [0.5, 0.6) is 0 Å². The van der Waals surface area contributed by atoms with Gasteiger partial charge < -0.3 is 16.2 Å². The first-order valence-corrected chi connectivity index (χ1v) is 6.13. The molecule has 0 saturated carbocycles. The normalized spacial score (nSPS) is 12.5. The Morgan fingerprint density at radius 3 is 2.65 bits per heavy atom. The number of hydrogen-bond acceptors (Lipinski definition) is 5. The van der Waals surface area contributed by atoms with Gasteiger partial charge in [-0.25, -0.2) is 9.97 Å². The fraction of sp³-hybridized carbons (Fsp3) is 0.667. The predicted octanol–water partition coefficient (Wildman–Crippen LogP) is 1.50. The lowest BCUT2D eigenvalue weighted by molar-refractivity contribution is 0.164. The number of nitrogen functional groups attached to an aromatic ring is 1. The molecule has 0 aromatic carbocycles. The first kappa shape index (κ1) is 13.7. The topological polar surface area (TPSA) is 84.1 Å². The Morgan fingerprint density at radius 2 is 2.06 bits per heavy atom. The van der Waals surface area contributed by atoms with Gasteiger partial charge in [0.2, 0.25) is 0 Å². The van der Waals surface area contributed by atoms with E-state index in [2.05, 4.69) is 15.3 Å². The minimum atomic E-state index is -0.257. The van der Waals surface area contributed by atoms with Crippen molar-refractivity contribution in [1.29, 1.82) is 0 Å². The molecule has 1 atom stereocenters. The van der Waals surface area contributed by atoms with Gasteiger partial charge in [0.15, 0.2) is 0 Å². The van der Waals surface area contributed by atoms with Crippen molar-refractivity contribution in [2.75, 3.05) is 17.6 Å². The van der Waals surface area contributed by atoms with Crippen molar-refractivity contribution in [3.8, 4) is 0 Å². The van der Waals surface area contributed by atoms with E-state index < -0.39 is 0 Å². The molecular formula is C12H22N4O. The van der Waals surface area contributed by atoms with Crippen LogP contribution in [0.2, 0.25) is 0 Å². The Kier molecular flexibility index (Phi) is 5.15. The average Bonchev–Trinajstić information content (AvgIpc) is 2.33. The first-order chi connectivity index (χ1) is 8.08. The van der Waals surface area contributed by atoms with E-state index in [1.54, 1.807) is 0 Å². The number of nitrogens with zero attached hydrogens (tertiary/aromatic N) is 2. The Bertz CT molecular complexity index is 368. The number of aliphatic hydroxyl groups excluding tert-OH is 1. The second kappa shape index (κ2) is 6.39. The zero-order valence-electron chi connectivity index (χ0n) is 10.8. The number of anilines is 2. The van der Waals surface area contributed by atoms with Gasteiger partial charge in [0.05, 0.1) is 6.10 Å². The third-order valence-electron chi connectivity index (χ3n) is 2.79. The summed E-state index contributed by atoms with van der Waals surface area (Å²) in [5.41, 5.74) is 6.68. The van der Waals surface area contributed by atoms with Gasteiger partial charge in [-0.3, -0.25) is 0 Å². The van der Waals surface area contributed by atoms with Crippen LogP contribution < -0.4 is 11.1 Å². The number of aryl methyl sites for hydroxylation is 1. The van der Waals surface area contributed by atoms with Crippen LogP contribution in [0.4, 0.5) is 11.6 Å². The SMILES string of the molecule is CCc1nc(N)c(C)c(NCCC(O)CC)n1. The number of aromatic nitrogens is 2. The molecule has 1 rings (SSSR count). The van der Waals surface area contributed by atoms with Gasteiger partial charge >= 0.3 is 0 Å². The number of rotatable bonds is 6. The zero-order valence-corrected chi connectivity index (χ0v) is 10.8. The van der Waals surface area contributed by atoms with Crippen molar-refractivity contribution >= 4 is 11.6 Å². The van der Waals surface area contributed by atoms with Gasteiger partial charge in [-0.1, -0.05) is 13.8 Å². The summed E-state index contributed by atoms with van der Waals surface area (Å²) in [6, 6.07) is 0. The van der Waals surface area contributed by atoms with E-state index in [0.717, 1.165) is 30.0 Å². The molecule has 96 valence electrons. The third-order valence-corrected chi connectivity index (χ3v) is 2.79. The minimum Gasteiger partial charge on any atom is -0.393 e. The van der Waals surface area contributed by atoms with Crippen molar-refractivity contribution in [3.63, 3.8) is 0 Å². The van der Waals surface area contributed by atoms with Crippen LogP contribution >= 0.6 is 0 Å².